The number of amides is 1. The van der Waals surface area contributed by atoms with Crippen LogP contribution in [-0.4, -0.2) is 60.0 Å². The molecule has 2 saturated heterocycles. The summed E-state index contributed by atoms with van der Waals surface area (Å²) in [4.78, 5) is 24.3. The van der Waals surface area contributed by atoms with E-state index in [1.165, 1.54) is 23.0 Å². The van der Waals surface area contributed by atoms with E-state index < -0.39 is 0 Å². The summed E-state index contributed by atoms with van der Waals surface area (Å²) in [5.74, 6) is 0.119. The number of halogens is 1. The molecule has 3 aromatic rings. The minimum absolute atomic E-state index is 0.0861. The highest BCUT2D eigenvalue weighted by Gasteiger charge is 2.31. The minimum Gasteiger partial charge on any atom is -0.348 e. The van der Waals surface area contributed by atoms with Crippen molar-refractivity contribution in [3.63, 3.8) is 0 Å². The number of piperidine rings is 1. The number of carbonyl (C=O) groups is 1. The number of rotatable bonds is 4. The van der Waals surface area contributed by atoms with Gasteiger partial charge in [0.2, 0.25) is 5.91 Å². The van der Waals surface area contributed by atoms with Crippen LogP contribution in [0.25, 0.3) is 10.2 Å². The van der Waals surface area contributed by atoms with Crippen LogP contribution in [0.3, 0.4) is 0 Å². The summed E-state index contributed by atoms with van der Waals surface area (Å²) < 4.78 is 14.8. The minimum atomic E-state index is -0.267. The number of hydrogen-bond donors (Lipinski definition) is 0. The summed E-state index contributed by atoms with van der Waals surface area (Å²) in [6, 6.07) is 15.6. The van der Waals surface area contributed by atoms with Gasteiger partial charge in [0, 0.05) is 51.7 Å². The number of para-hydroxylation sites is 1. The number of piperazine rings is 1. The van der Waals surface area contributed by atoms with Crippen LogP contribution in [0, 0.1) is 11.7 Å². The standard InChI is InChI=1S/C24H27FN4OS/c25-20-7-4-8-21-22(20)26-24(31-21)29-11-9-19(10-12-29)23(30)28-15-13-27(14-16-28)17-18-5-2-1-3-6-18/h1-8,19H,9-17H2. The molecule has 5 rings (SSSR count). The summed E-state index contributed by atoms with van der Waals surface area (Å²) in [5, 5.41) is 0.862. The summed E-state index contributed by atoms with van der Waals surface area (Å²) in [6.07, 6.45) is 1.67. The molecule has 2 aliphatic heterocycles. The van der Waals surface area contributed by atoms with Gasteiger partial charge in [-0.25, -0.2) is 9.37 Å². The fraction of sp³-hybridized carbons (Fsp3) is 0.417. The lowest BCUT2D eigenvalue weighted by Gasteiger charge is -2.38. The molecular formula is C24H27FN4OS. The maximum Gasteiger partial charge on any atom is 0.225 e. The number of carbonyl (C=O) groups excluding carboxylic acids is 1. The normalized spacial score (nSPS) is 18.6. The van der Waals surface area contributed by atoms with Gasteiger partial charge in [0.25, 0.3) is 0 Å². The average Bonchev–Trinajstić information content (AvgIpc) is 3.26. The number of hydrogen-bond acceptors (Lipinski definition) is 5. The number of fused-ring (bicyclic) bond motifs is 1. The van der Waals surface area contributed by atoms with Crippen molar-refractivity contribution < 1.29 is 9.18 Å². The van der Waals surface area contributed by atoms with Crippen LogP contribution in [0.4, 0.5) is 9.52 Å². The fourth-order valence-corrected chi connectivity index (χ4v) is 5.61. The largest absolute Gasteiger partial charge is 0.348 e. The maximum absolute atomic E-state index is 14.0. The molecular weight excluding hydrogens is 411 g/mol. The molecule has 2 aromatic carbocycles. The van der Waals surface area contributed by atoms with Crippen LogP contribution in [-0.2, 0) is 11.3 Å². The van der Waals surface area contributed by atoms with Crippen LogP contribution in [0.15, 0.2) is 48.5 Å². The molecule has 5 nitrogen and oxygen atoms in total. The van der Waals surface area contributed by atoms with Gasteiger partial charge in [-0.2, -0.15) is 0 Å². The first-order valence-corrected chi connectivity index (χ1v) is 11.8. The van der Waals surface area contributed by atoms with Gasteiger partial charge in [-0.1, -0.05) is 47.7 Å². The summed E-state index contributed by atoms with van der Waals surface area (Å²) in [5.41, 5.74) is 1.78. The third-order valence-corrected chi connectivity index (χ3v) is 7.49. The Bertz CT molecular complexity index is 1040. The molecule has 0 N–H and O–H groups in total. The van der Waals surface area contributed by atoms with Gasteiger partial charge < -0.3 is 9.80 Å². The predicted molar refractivity (Wildman–Crippen MR) is 123 cm³/mol. The van der Waals surface area contributed by atoms with Gasteiger partial charge in [0.15, 0.2) is 5.13 Å². The van der Waals surface area contributed by atoms with Crippen molar-refractivity contribution >= 4 is 32.6 Å². The van der Waals surface area contributed by atoms with Crippen molar-refractivity contribution in [1.29, 1.82) is 0 Å². The highest BCUT2D eigenvalue weighted by atomic mass is 32.1. The Kier molecular flexibility index (Phi) is 5.87. The Morgan fingerprint density at radius 3 is 2.42 bits per heavy atom. The van der Waals surface area contributed by atoms with Crippen molar-refractivity contribution in [3.05, 3.63) is 59.9 Å². The molecule has 0 atom stereocenters. The van der Waals surface area contributed by atoms with Crippen molar-refractivity contribution in [1.82, 2.24) is 14.8 Å². The molecule has 3 heterocycles. The van der Waals surface area contributed by atoms with E-state index in [9.17, 15) is 9.18 Å². The van der Waals surface area contributed by atoms with Gasteiger partial charge in [0.1, 0.15) is 11.3 Å². The van der Waals surface area contributed by atoms with Crippen molar-refractivity contribution in [2.75, 3.05) is 44.2 Å². The molecule has 31 heavy (non-hydrogen) atoms. The van der Waals surface area contributed by atoms with Crippen molar-refractivity contribution in [2.45, 2.75) is 19.4 Å². The van der Waals surface area contributed by atoms with Crippen LogP contribution in [0.2, 0.25) is 0 Å². The van der Waals surface area contributed by atoms with E-state index in [2.05, 4.69) is 43.9 Å². The van der Waals surface area contributed by atoms with Gasteiger partial charge in [-0.15, -0.1) is 0 Å². The Morgan fingerprint density at radius 1 is 0.968 bits per heavy atom. The fourth-order valence-electron chi connectivity index (χ4n) is 4.58. The molecule has 0 radical (unpaired) electrons. The Labute approximate surface area is 186 Å². The molecule has 1 aromatic heterocycles. The van der Waals surface area contributed by atoms with Gasteiger partial charge >= 0.3 is 0 Å². The molecule has 162 valence electrons. The topological polar surface area (TPSA) is 39.7 Å². The van der Waals surface area contributed by atoms with E-state index in [0.717, 1.165) is 68.5 Å². The van der Waals surface area contributed by atoms with Crippen LogP contribution >= 0.6 is 11.3 Å². The van der Waals surface area contributed by atoms with Crippen molar-refractivity contribution in [3.8, 4) is 0 Å². The highest BCUT2D eigenvalue weighted by Crippen LogP contribution is 2.33. The third kappa shape index (κ3) is 4.43. The van der Waals surface area contributed by atoms with E-state index in [4.69, 9.17) is 0 Å². The zero-order chi connectivity index (χ0) is 21.2. The van der Waals surface area contributed by atoms with Gasteiger partial charge in [0.05, 0.1) is 4.70 Å². The number of benzene rings is 2. The van der Waals surface area contributed by atoms with Gasteiger partial charge in [-0.3, -0.25) is 9.69 Å². The van der Waals surface area contributed by atoms with E-state index in [1.54, 1.807) is 6.07 Å². The summed E-state index contributed by atoms with van der Waals surface area (Å²) in [7, 11) is 0. The maximum atomic E-state index is 14.0. The summed E-state index contributed by atoms with van der Waals surface area (Å²) in [6.45, 7) is 6.02. The first-order chi connectivity index (χ1) is 15.2. The zero-order valence-electron chi connectivity index (χ0n) is 17.5. The van der Waals surface area contributed by atoms with Crippen LogP contribution in [0.1, 0.15) is 18.4 Å². The van der Waals surface area contributed by atoms with E-state index in [0.29, 0.717) is 11.4 Å². The molecule has 0 bridgehead atoms. The lowest BCUT2D eigenvalue weighted by molar-refractivity contribution is -0.138. The molecule has 2 fully saturated rings. The second kappa shape index (κ2) is 8.93. The number of anilines is 1. The SMILES string of the molecule is O=C(C1CCN(c2nc3c(F)cccc3s2)CC1)N1CCN(Cc2ccccc2)CC1. The van der Waals surface area contributed by atoms with E-state index in [-0.39, 0.29) is 11.7 Å². The number of nitrogens with zero attached hydrogens (tertiary/aromatic N) is 4. The zero-order valence-corrected chi connectivity index (χ0v) is 18.4. The van der Waals surface area contributed by atoms with Crippen LogP contribution in [0.5, 0.6) is 0 Å². The third-order valence-electron chi connectivity index (χ3n) is 6.41. The van der Waals surface area contributed by atoms with E-state index in [1.807, 2.05) is 12.1 Å². The molecule has 0 aliphatic carbocycles. The molecule has 0 unspecified atom stereocenters. The summed E-state index contributed by atoms with van der Waals surface area (Å²) >= 11 is 1.53. The number of aromatic nitrogens is 1. The molecule has 1 amide bonds. The molecule has 0 saturated carbocycles. The second-order valence-corrected chi connectivity index (χ2v) is 9.44. The first-order valence-electron chi connectivity index (χ1n) is 11.0. The highest BCUT2D eigenvalue weighted by molar-refractivity contribution is 7.22. The molecule has 2 aliphatic rings. The number of thiazole rings is 1. The monoisotopic (exact) mass is 438 g/mol. The Balaban J connectivity index is 1.13. The van der Waals surface area contributed by atoms with E-state index >= 15 is 0 Å². The Morgan fingerprint density at radius 2 is 1.71 bits per heavy atom. The molecule has 0 spiro atoms. The van der Waals surface area contributed by atoms with Crippen molar-refractivity contribution in [2.24, 2.45) is 5.92 Å². The lowest BCUT2D eigenvalue weighted by Crippen LogP contribution is -2.51. The average molecular weight is 439 g/mol. The smallest absolute Gasteiger partial charge is 0.225 e. The molecule has 7 heteroatoms. The second-order valence-electron chi connectivity index (χ2n) is 8.43. The Hall–Kier alpha value is -2.51. The lowest BCUT2D eigenvalue weighted by atomic mass is 9.95. The van der Waals surface area contributed by atoms with Gasteiger partial charge in [-0.05, 0) is 30.5 Å². The predicted octanol–water partition coefficient (Wildman–Crippen LogP) is 4.00. The quantitative estimate of drug-likeness (QED) is 0.617. The first kappa shape index (κ1) is 20.4. The van der Waals surface area contributed by atoms with Crippen LogP contribution < -0.4 is 4.90 Å².